The lowest BCUT2D eigenvalue weighted by Gasteiger charge is -2.22. The molecular weight excluding hydrogens is 243 g/mol. The Bertz CT molecular complexity index is 557. The summed E-state index contributed by atoms with van der Waals surface area (Å²) >= 11 is 0. The number of nitrogens with two attached hydrogens (primary N) is 1. The number of amides is 1. The third kappa shape index (κ3) is 2.98. The lowest BCUT2D eigenvalue weighted by molar-refractivity contribution is 0.0983. The van der Waals surface area contributed by atoms with Crippen molar-refractivity contribution in [1.82, 2.24) is 0 Å². The quantitative estimate of drug-likeness (QED) is 0.915. The van der Waals surface area contributed by atoms with Gasteiger partial charge in [0.25, 0.3) is 5.91 Å². The number of nitrogens with zero attached hydrogens (tertiary/aromatic N) is 1. The molecule has 0 fully saturated rings. The zero-order chi connectivity index (χ0) is 13.7. The molecule has 0 aromatic heterocycles. The van der Waals surface area contributed by atoms with Crippen LogP contribution in [0, 0.1) is 5.82 Å². The van der Waals surface area contributed by atoms with E-state index in [4.69, 9.17) is 5.73 Å². The summed E-state index contributed by atoms with van der Waals surface area (Å²) in [6, 6.07) is 15.1. The van der Waals surface area contributed by atoms with E-state index in [1.54, 1.807) is 24.3 Å². The highest BCUT2D eigenvalue weighted by molar-refractivity contribution is 6.06. The van der Waals surface area contributed by atoms with Crippen molar-refractivity contribution in [3.05, 3.63) is 66.0 Å². The molecule has 2 N–H and O–H groups in total. The summed E-state index contributed by atoms with van der Waals surface area (Å²) in [5.41, 5.74) is 6.30. The van der Waals surface area contributed by atoms with Gasteiger partial charge in [0.2, 0.25) is 0 Å². The fourth-order valence-corrected chi connectivity index (χ4v) is 1.86. The molecular formula is C15H15FN2O. The number of hydrogen-bond donors (Lipinski definition) is 1. The first kappa shape index (κ1) is 13.2. The molecule has 2 aromatic carbocycles. The molecule has 0 unspecified atom stereocenters. The molecule has 2 aromatic rings. The highest BCUT2D eigenvalue weighted by Gasteiger charge is 2.19. The Morgan fingerprint density at radius 2 is 1.68 bits per heavy atom. The van der Waals surface area contributed by atoms with Crippen molar-refractivity contribution < 1.29 is 9.18 Å². The van der Waals surface area contributed by atoms with Crippen LogP contribution in [0.4, 0.5) is 10.1 Å². The predicted molar refractivity (Wildman–Crippen MR) is 73.6 cm³/mol. The Kier molecular flexibility index (Phi) is 4.26. The maximum Gasteiger partial charge on any atom is 0.261 e. The summed E-state index contributed by atoms with van der Waals surface area (Å²) in [5.74, 6) is -0.903. The second-order valence-corrected chi connectivity index (χ2v) is 4.06. The van der Waals surface area contributed by atoms with Gasteiger partial charge in [0.05, 0.1) is 5.56 Å². The van der Waals surface area contributed by atoms with Crippen LogP contribution in [0.2, 0.25) is 0 Å². The van der Waals surface area contributed by atoms with E-state index in [9.17, 15) is 9.18 Å². The molecule has 0 atom stereocenters. The monoisotopic (exact) mass is 258 g/mol. The lowest BCUT2D eigenvalue weighted by atomic mass is 10.1. The summed E-state index contributed by atoms with van der Waals surface area (Å²) in [7, 11) is 0. The smallest absolute Gasteiger partial charge is 0.261 e. The molecule has 98 valence electrons. The molecule has 4 heteroatoms. The molecule has 0 bridgehead atoms. The van der Waals surface area contributed by atoms with E-state index in [-0.39, 0.29) is 11.5 Å². The maximum atomic E-state index is 13.7. The van der Waals surface area contributed by atoms with Crippen LogP contribution in [0.25, 0.3) is 0 Å². The summed E-state index contributed by atoms with van der Waals surface area (Å²) < 4.78 is 13.7. The van der Waals surface area contributed by atoms with E-state index >= 15 is 0 Å². The number of carbonyl (C=O) groups is 1. The van der Waals surface area contributed by atoms with E-state index in [1.807, 2.05) is 18.2 Å². The van der Waals surface area contributed by atoms with Gasteiger partial charge in [-0.15, -0.1) is 0 Å². The normalized spacial score (nSPS) is 10.2. The van der Waals surface area contributed by atoms with E-state index in [2.05, 4.69) is 0 Å². The van der Waals surface area contributed by atoms with Crippen LogP contribution in [0.5, 0.6) is 0 Å². The van der Waals surface area contributed by atoms with Crippen LogP contribution in [0.15, 0.2) is 54.6 Å². The third-order valence-corrected chi connectivity index (χ3v) is 2.77. The van der Waals surface area contributed by atoms with Crippen molar-refractivity contribution in [1.29, 1.82) is 0 Å². The molecule has 0 spiro atoms. The van der Waals surface area contributed by atoms with E-state index in [0.29, 0.717) is 18.8 Å². The van der Waals surface area contributed by atoms with Crippen molar-refractivity contribution in [2.75, 3.05) is 18.0 Å². The van der Waals surface area contributed by atoms with Crippen LogP contribution < -0.4 is 10.6 Å². The first-order chi connectivity index (χ1) is 9.24. The first-order valence-electron chi connectivity index (χ1n) is 6.05. The molecule has 0 aliphatic heterocycles. The number of para-hydroxylation sites is 1. The Labute approximate surface area is 111 Å². The molecule has 0 heterocycles. The first-order valence-corrected chi connectivity index (χ1v) is 6.05. The molecule has 0 aliphatic carbocycles. The Morgan fingerprint density at radius 1 is 1.05 bits per heavy atom. The van der Waals surface area contributed by atoms with Crippen molar-refractivity contribution in [3.63, 3.8) is 0 Å². The Balaban J connectivity index is 2.35. The summed E-state index contributed by atoms with van der Waals surface area (Å²) in [5, 5.41) is 0. The predicted octanol–water partition coefficient (Wildman–Crippen LogP) is 2.43. The van der Waals surface area contributed by atoms with Gasteiger partial charge in [-0.2, -0.15) is 0 Å². The second kappa shape index (κ2) is 6.11. The standard InChI is InChI=1S/C15H15FN2O/c16-14-9-5-4-8-13(14)15(19)18(11-10-17)12-6-2-1-3-7-12/h1-9H,10-11,17H2. The zero-order valence-electron chi connectivity index (χ0n) is 10.4. The summed E-state index contributed by atoms with van der Waals surface area (Å²) in [4.78, 5) is 13.9. The molecule has 0 saturated carbocycles. The highest BCUT2D eigenvalue weighted by Crippen LogP contribution is 2.17. The number of carbonyl (C=O) groups excluding carboxylic acids is 1. The van der Waals surface area contributed by atoms with Gasteiger partial charge in [-0.25, -0.2) is 4.39 Å². The Morgan fingerprint density at radius 3 is 2.32 bits per heavy atom. The van der Waals surface area contributed by atoms with Crippen LogP contribution in [0.1, 0.15) is 10.4 Å². The van der Waals surface area contributed by atoms with E-state index in [1.165, 1.54) is 17.0 Å². The third-order valence-electron chi connectivity index (χ3n) is 2.77. The van der Waals surface area contributed by atoms with Gasteiger partial charge < -0.3 is 10.6 Å². The van der Waals surface area contributed by atoms with Crippen LogP contribution in [0.3, 0.4) is 0 Å². The number of rotatable bonds is 4. The topological polar surface area (TPSA) is 46.3 Å². The average Bonchev–Trinajstić information content (AvgIpc) is 2.45. The zero-order valence-corrected chi connectivity index (χ0v) is 10.4. The van der Waals surface area contributed by atoms with Crippen LogP contribution in [-0.2, 0) is 0 Å². The number of anilines is 1. The molecule has 0 saturated heterocycles. The van der Waals surface area contributed by atoms with Gasteiger partial charge in [-0.1, -0.05) is 30.3 Å². The molecule has 0 radical (unpaired) electrons. The van der Waals surface area contributed by atoms with Gasteiger partial charge in [0, 0.05) is 18.8 Å². The summed E-state index contributed by atoms with van der Waals surface area (Å²) in [6.45, 7) is 0.659. The van der Waals surface area contributed by atoms with Crippen molar-refractivity contribution in [2.24, 2.45) is 5.73 Å². The minimum Gasteiger partial charge on any atom is -0.329 e. The van der Waals surface area contributed by atoms with Gasteiger partial charge in [0.15, 0.2) is 0 Å². The van der Waals surface area contributed by atoms with Gasteiger partial charge in [-0.05, 0) is 24.3 Å². The van der Waals surface area contributed by atoms with Gasteiger partial charge in [-0.3, -0.25) is 4.79 Å². The van der Waals surface area contributed by atoms with E-state index in [0.717, 1.165) is 0 Å². The largest absolute Gasteiger partial charge is 0.329 e. The molecule has 1 amide bonds. The molecule has 0 aliphatic rings. The number of benzene rings is 2. The SMILES string of the molecule is NCCN(C(=O)c1ccccc1F)c1ccccc1. The van der Waals surface area contributed by atoms with Crippen molar-refractivity contribution in [2.45, 2.75) is 0 Å². The minimum absolute atomic E-state index is 0.0554. The lowest BCUT2D eigenvalue weighted by Crippen LogP contribution is -2.35. The number of halogens is 1. The second-order valence-electron chi connectivity index (χ2n) is 4.06. The van der Waals surface area contributed by atoms with Crippen molar-refractivity contribution >= 4 is 11.6 Å². The molecule has 3 nitrogen and oxygen atoms in total. The summed E-state index contributed by atoms with van der Waals surface area (Å²) in [6.07, 6.45) is 0. The maximum absolute atomic E-state index is 13.7. The average molecular weight is 258 g/mol. The van der Waals surface area contributed by atoms with E-state index < -0.39 is 5.82 Å². The Hall–Kier alpha value is -2.20. The number of hydrogen-bond acceptors (Lipinski definition) is 2. The van der Waals surface area contributed by atoms with Gasteiger partial charge >= 0.3 is 0 Å². The van der Waals surface area contributed by atoms with Crippen LogP contribution in [-0.4, -0.2) is 19.0 Å². The fourth-order valence-electron chi connectivity index (χ4n) is 1.86. The van der Waals surface area contributed by atoms with Crippen molar-refractivity contribution in [3.8, 4) is 0 Å². The fraction of sp³-hybridized carbons (Fsp3) is 0.133. The highest BCUT2D eigenvalue weighted by atomic mass is 19.1. The molecule has 2 rings (SSSR count). The van der Waals surface area contributed by atoms with Crippen LogP contribution >= 0.6 is 0 Å². The minimum atomic E-state index is -0.523. The molecule has 19 heavy (non-hydrogen) atoms. The van der Waals surface area contributed by atoms with Gasteiger partial charge in [0.1, 0.15) is 5.82 Å².